The van der Waals surface area contributed by atoms with Crippen LogP contribution in [0.4, 0.5) is 23.8 Å². The number of hydrogen-bond donors (Lipinski definition) is 0. The smallest absolute Gasteiger partial charge is 0.237 e. The number of likely N-dealkylation sites (tertiary alicyclic amines) is 2. The zero-order chi connectivity index (χ0) is 41.3. The fourth-order valence-corrected chi connectivity index (χ4v) is 9.83. The molecule has 2 fully saturated rings. The second kappa shape index (κ2) is 19.9. The normalized spacial score (nSPS) is 20.5. The molecule has 0 aromatic carbocycles. The number of hydrogen-bond acceptors (Lipinski definition) is 11. The van der Waals surface area contributed by atoms with Crippen LogP contribution < -0.4 is 14.7 Å². The van der Waals surface area contributed by atoms with E-state index in [1.165, 1.54) is 25.7 Å². The number of nitrogens with zero attached hydrogens (tertiary/aromatic N) is 11. The lowest BCUT2D eigenvalue weighted by Crippen LogP contribution is -2.63. The summed E-state index contributed by atoms with van der Waals surface area (Å²) in [4.78, 5) is 43.0. The molecule has 2 aromatic rings. The SMILES string of the molecule is CCCCCCCC(CCC)N(c1ncnc(N(CCCC)C2CC(C)(C)N(C)C(C)(C)C2)n1)c1ncnc(N(CCCC)C2CC(C)(C)N(C)C(C)(C)C2)n1. The molecule has 0 bridgehead atoms. The Kier molecular flexibility index (Phi) is 16.3. The zero-order valence-electron chi connectivity index (χ0n) is 38.5. The van der Waals surface area contributed by atoms with Crippen molar-refractivity contribution >= 4 is 23.8 Å². The maximum Gasteiger partial charge on any atom is 0.237 e. The molecule has 2 saturated heterocycles. The van der Waals surface area contributed by atoms with Crippen LogP contribution in [0.25, 0.3) is 0 Å². The Morgan fingerprint density at radius 3 is 1.27 bits per heavy atom. The summed E-state index contributed by atoms with van der Waals surface area (Å²) in [6.07, 6.45) is 21.3. The highest BCUT2D eigenvalue weighted by molar-refractivity contribution is 5.53. The predicted octanol–water partition coefficient (Wildman–Crippen LogP) is 10.2. The highest BCUT2D eigenvalue weighted by Gasteiger charge is 2.47. The van der Waals surface area contributed by atoms with Crippen LogP contribution in [0.2, 0.25) is 0 Å². The Morgan fingerprint density at radius 2 is 0.893 bits per heavy atom. The lowest BCUT2D eigenvalue weighted by molar-refractivity contribution is -0.0132. The van der Waals surface area contributed by atoms with Gasteiger partial charge in [-0.05, 0) is 121 Å². The third-order valence-corrected chi connectivity index (χ3v) is 13.6. The van der Waals surface area contributed by atoms with E-state index in [1.807, 2.05) is 0 Å². The summed E-state index contributed by atoms with van der Waals surface area (Å²) in [7, 11) is 4.56. The number of anilines is 4. The molecule has 0 saturated carbocycles. The minimum absolute atomic E-state index is 0.0475. The first-order valence-electron chi connectivity index (χ1n) is 22.6. The van der Waals surface area contributed by atoms with Crippen molar-refractivity contribution in [2.45, 2.75) is 226 Å². The summed E-state index contributed by atoms with van der Waals surface area (Å²) >= 11 is 0. The van der Waals surface area contributed by atoms with E-state index in [2.05, 4.69) is 122 Å². The van der Waals surface area contributed by atoms with Gasteiger partial charge in [0.25, 0.3) is 0 Å². The van der Waals surface area contributed by atoms with E-state index in [9.17, 15) is 0 Å². The average Bonchev–Trinajstić information content (AvgIpc) is 3.13. The monoisotopic (exact) mass is 778 g/mol. The Labute approximate surface area is 343 Å². The summed E-state index contributed by atoms with van der Waals surface area (Å²) in [5, 5.41) is 0. The van der Waals surface area contributed by atoms with Crippen molar-refractivity contribution in [3.05, 3.63) is 12.7 Å². The van der Waals surface area contributed by atoms with Crippen LogP contribution in [0.15, 0.2) is 12.7 Å². The minimum Gasteiger partial charge on any atom is -0.338 e. The van der Waals surface area contributed by atoms with Crippen molar-refractivity contribution in [1.82, 2.24) is 39.7 Å². The zero-order valence-corrected chi connectivity index (χ0v) is 38.5. The van der Waals surface area contributed by atoms with Gasteiger partial charge >= 0.3 is 0 Å². The summed E-state index contributed by atoms with van der Waals surface area (Å²) in [6.45, 7) is 30.0. The predicted molar refractivity (Wildman–Crippen MR) is 236 cm³/mol. The highest BCUT2D eigenvalue weighted by Crippen LogP contribution is 2.42. The number of unbranched alkanes of at least 4 members (excludes halogenated alkanes) is 6. The third kappa shape index (κ3) is 11.3. The van der Waals surface area contributed by atoms with Crippen LogP contribution in [0.3, 0.4) is 0 Å². The van der Waals surface area contributed by atoms with Gasteiger partial charge in [0.2, 0.25) is 23.8 Å². The lowest BCUT2D eigenvalue weighted by atomic mass is 9.77. The van der Waals surface area contributed by atoms with Gasteiger partial charge in [0, 0.05) is 53.4 Å². The van der Waals surface area contributed by atoms with E-state index in [1.54, 1.807) is 12.7 Å². The third-order valence-electron chi connectivity index (χ3n) is 13.6. The summed E-state index contributed by atoms with van der Waals surface area (Å²) in [6, 6.07) is 0.786. The molecule has 0 aliphatic carbocycles. The number of aromatic nitrogens is 6. The van der Waals surface area contributed by atoms with Gasteiger partial charge in [0.05, 0.1) is 0 Å². The summed E-state index contributed by atoms with van der Waals surface area (Å²) < 4.78 is 0. The maximum atomic E-state index is 5.41. The van der Waals surface area contributed by atoms with Crippen molar-refractivity contribution in [2.24, 2.45) is 0 Å². The molecule has 0 radical (unpaired) electrons. The van der Waals surface area contributed by atoms with Gasteiger partial charge in [0.15, 0.2) is 0 Å². The van der Waals surface area contributed by atoms with Crippen LogP contribution in [-0.4, -0.2) is 107 Å². The van der Waals surface area contributed by atoms with Crippen molar-refractivity contribution in [3.63, 3.8) is 0 Å². The molecular formula is C45H83N11. The van der Waals surface area contributed by atoms with Crippen LogP contribution >= 0.6 is 0 Å². The topological polar surface area (TPSA) is 93.5 Å². The van der Waals surface area contributed by atoms with Crippen LogP contribution in [0, 0.1) is 0 Å². The first kappa shape index (κ1) is 46.0. The molecule has 1 unspecified atom stereocenters. The fraction of sp³-hybridized carbons (Fsp3) is 0.867. The van der Waals surface area contributed by atoms with E-state index in [0.717, 1.165) is 102 Å². The molecule has 56 heavy (non-hydrogen) atoms. The quantitative estimate of drug-likeness (QED) is 0.113. The van der Waals surface area contributed by atoms with Gasteiger partial charge in [-0.1, -0.05) is 79.1 Å². The van der Waals surface area contributed by atoms with Gasteiger partial charge in [0.1, 0.15) is 12.7 Å². The van der Waals surface area contributed by atoms with Crippen molar-refractivity contribution in [1.29, 1.82) is 0 Å². The van der Waals surface area contributed by atoms with Gasteiger partial charge in [-0.25, -0.2) is 19.9 Å². The largest absolute Gasteiger partial charge is 0.338 e. The Hall–Kier alpha value is -2.66. The molecule has 4 rings (SSSR count). The molecule has 0 spiro atoms. The molecule has 4 heterocycles. The molecule has 2 aromatic heterocycles. The fourth-order valence-electron chi connectivity index (χ4n) is 9.83. The maximum absolute atomic E-state index is 5.41. The molecule has 11 heteroatoms. The van der Waals surface area contributed by atoms with E-state index in [-0.39, 0.29) is 28.2 Å². The van der Waals surface area contributed by atoms with E-state index in [0.29, 0.717) is 24.0 Å². The van der Waals surface area contributed by atoms with Crippen molar-refractivity contribution in [3.8, 4) is 0 Å². The molecule has 318 valence electrons. The average molecular weight is 778 g/mol. The van der Waals surface area contributed by atoms with Crippen molar-refractivity contribution in [2.75, 3.05) is 41.9 Å². The molecule has 0 amide bonds. The Balaban J connectivity index is 1.82. The van der Waals surface area contributed by atoms with Gasteiger partial charge < -0.3 is 9.80 Å². The van der Waals surface area contributed by atoms with Crippen molar-refractivity contribution < 1.29 is 0 Å². The molecule has 1 atom stereocenters. The Bertz CT molecular complexity index is 1340. The molecule has 2 aliphatic heterocycles. The number of piperidine rings is 2. The lowest BCUT2D eigenvalue weighted by Gasteiger charge is -2.55. The van der Waals surface area contributed by atoms with E-state index in [4.69, 9.17) is 29.9 Å². The van der Waals surface area contributed by atoms with E-state index >= 15 is 0 Å². The van der Waals surface area contributed by atoms with Crippen LogP contribution in [0.1, 0.15) is 186 Å². The van der Waals surface area contributed by atoms with Crippen LogP contribution in [-0.2, 0) is 0 Å². The number of rotatable bonds is 21. The summed E-state index contributed by atoms with van der Waals surface area (Å²) in [5.41, 5.74) is 0.190. The van der Waals surface area contributed by atoms with Gasteiger partial charge in [-0.3, -0.25) is 14.7 Å². The van der Waals surface area contributed by atoms with Gasteiger partial charge in [-0.15, -0.1) is 0 Å². The van der Waals surface area contributed by atoms with E-state index < -0.39 is 0 Å². The molecular weight excluding hydrogens is 695 g/mol. The van der Waals surface area contributed by atoms with Gasteiger partial charge in [-0.2, -0.15) is 9.97 Å². The Morgan fingerprint density at radius 1 is 0.518 bits per heavy atom. The standard InChI is InChI=1S/C45H83N11/c1-15-19-22-23-24-26-35(25-18-4)56(40-48-33-46-38(50-40)54(27-20-16-2)36-29-42(5,6)52(13)43(7,8)30-36)41-49-34-47-39(51-41)55(28-21-17-3)37-31-44(9,10)53(14)45(11,12)32-37/h33-37H,15-32H2,1-14H3. The first-order chi connectivity index (χ1) is 26.4. The highest BCUT2D eigenvalue weighted by atomic mass is 15.4. The summed E-state index contributed by atoms with van der Waals surface area (Å²) in [5.74, 6) is 2.83. The second-order valence-corrected chi connectivity index (χ2v) is 19.8. The minimum atomic E-state index is 0.0475. The molecule has 11 nitrogen and oxygen atoms in total. The molecule has 0 N–H and O–H groups in total. The first-order valence-corrected chi connectivity index (χ1v) is 22.6. The molecule has 2 aliphatic rings. The van der Waals surface area contributed by atoms with Crippen LogP contribution in [0.5, 0.6) is 0 Å². The second-order valence-electron chi connectivity index (χ2n) is 19.8.